The standard InChI is InChI=1S/C9H17N3O/c1-5(2)7(6(3)4)8-10-9(13)12-11-8/h5-7H,1-4H3,(H2,10,11,12,13). The molecule has 1 aromatic rings. The van der Waals surface area contributed by atoms with Crippen molar-refractivity contribution in [3.05, 3.63) is 16.3 Å². The molecule has 0 amide bonds. The molecule has 2 N–H and O–H groups in total. The van der Waals surface area contributed by atoms with Crippen LogP contribution in [-0.4, -0.2) is 15.2 Å². The summed E-state index contributed by atoms with van der Waals surface area (Å²) in [6.07, 6.45) is 0. The van der Waals surface area contributed by atoms with Gasteiger partial charge in [0.1, 0.15) is 5.82 Å². The first-order valence-corrected chi connectivity index (χ1v) is 4.67. The Labute approximate surface area is 77.8 Å². The lowest BCUT2D eigenvalue weighted by Gasteiger charge is -2.21. The Hall–Kier alpha value is -1.06. The van der Waals surface area contributed by atoms with Crippen molar-refractivity contribution < 1.29 is 0 Å². The number of nitrogens with one attached hydrogen (secondary N) is 2. The van der Waals surface area contributed by atoms with Gasteiger partial charge in [-0.3, -0.25) is 4.98 Å². The average Bonchev–Trinajstić information content (AvgIpc) is 2.34. The second kappa shape index (κ2) is 3.77. The number of aromatic nitrogens is 3. The molecule has 1 rings (SSSR count). The Bertz CT molecular complexity index is 303. The fraction of sp³-hybridized carbons (Fsp3) is 0.778. The molecular formula is C9H17N3O. The van der Waals surface area contributed by atoms with Crippen LogP contribution in [0.15, 0.2) is 4.79 Å². The van der Waals surface area contributed by atoms with Crippen LogP contribution in [0.4, 0.5) is 0 Å². The molecule has 0 aliphatic carbocycles. The molecule has 0 aromatic carbocycles. The van der Waals surface area contributed by atoms with Crippen LogP contribution in [0.2, 0.25) is 0 Å². The molecule has 0 atom stereocenters. The fourth-order valence-corrected chi connectivity index (χ4v) is 1.84. The van der Waals surface area contributed by atoms with E-state index in [1.807, 2.05) is 0 Å². The van der Waals surface area contributed by atoms with Crippen LogP contribution in [0.5, 0.6) is 0 Å². The predicted molar refractivity (Wildman–Crippen MR) is 51.6 cm³/mol. The van der Waals surface area contributed by atoms with Gasteiger partial charge >= 0.3 is 5.69 Å². The molecule has 0 saturated heterocycles. The highest BCUT2D eigenvalue weighted by atomic mass is 16.1. The molecule has 0 aliphatic heterocycles. The molecule has 1 heterocycles. The van der Waals surface area contributed by atoms with Crippen molar-refractivity contribution in [3.8, 4) is 0 Å². The number of H-pyrrole nitrogens is 2. The first-order valence-electron chi connectivity index (χ1n) is 4.67. The third kappa shape index (κ3) is 2.20. The van der Waals surface area contributed by atoms with Crippen LogP contribution in [0, 0.1) is 11.8 Å². The minimum atomic E-state index is -0.221. The van der Waals surface area contributed by atoms with Crippen molar-refractivity contribution in [1.82, 2.24) is 15.2 Å². The zero-order chi connectivity index (χ0) is 10.0. The molecule has 0 aliphatic rings. The van der Waals surface area contributed by atoms with Gasteiger partial charge in [-0.2, -0.15) is 5.10 Å². The highest BCUT2D eigenvalue weighted by Gasteiger charge is 2.22. The van der Waals surface area contributed by atoms with E-state index in [4.69, 9.17) is 0 Å². The van der Waals surface area contributed by atoms with E-state index in [1.165, 1.54) is 0 Å². The molecule has 0 bridgehead atoms. The van der Waals surface area contributed by atoms with Gasteiger partial charge in [-0.1, -0.05) is 27.7 Å². The summed E-state index contributed by atoms with van der Waals surface area (Å²) in [7, 11) is 0. The van der Waals surface area contributed by atoms with Gasteiger partial charge in [0, 0.05) is 5.92 Å². The lowest BCUT2D eigenvalue weighted by Crippen LogP contribution is -2.15. The number of hydrogen-bond donors (Lipinski definition) is 2. The highest BCUT2D eigenvalue weighted by Crippen LogP contribution is 2.28. The number of hydrogen-bond acceptors (Lipinski definition) is 2. The van der Waals surface area contributed by atoms with Crippen molar-refractivity contribution in [2.24, 2.45) is 11.8 Å². The van der Waals surface area contributed by atoms with Gasteiger partial charge in [0.05, 0.1) is 0 Å². The summed E-state index contributed by atoms with van der Waals surface area (Å²) in [6, 6.07) is 0. The molecule has 74 valence electrons. The van der Waals surface area contributed by atoms with E-state index in [-0.39, 0.29) is 5.69 Å². The maximum atomic E-state index is 10.9. The van der Waals surface area contributed by atoms with Gasteiger partial charge in [0.15, 0.2) is 0 Å². The summed E-state index contributed by atoms with van der Waals surface area (Å²) in [6.45, 7) is 8.55. The van der Waals surface area contributed by atoms with E-state index in [0.717, 1.165) is 5.82 Å². The predicted octanol–water partition coefficient (Wildman–Crippen LogP) is 1.49. The van der Waals surface area contributed by atoms with Crippen LogP contribution in [0.3, 0.4) is 0 Å². The summed E-state index contributed by atoms with van der Waals surface area (Å²) in [5, 5.41) is 6.36. The lowest BCUT2D eigenvalue weighted by atomic mass is 9.85. The third-order valence-corrected chi connectivity index (χ3v) is 2.27. The van der Waals surface area contributed by atoms with Crippen molar-refractivity contribution in [1.29, 1.82) is 0 Å². The Kier molecular flexibility index (Phi) is 2.90. The molecule has 0 saturated carbocycles. The molecule has 4 heteroatoms. The molecule has 0 unspecified atom stereocenters. The van der Waals surface area contributed by atoms with Gasteiger partial charge in [0.2, 0.25) is 0 Å². The monoisotopic (exact) mass is 183 g/mol. The summed E-state index contributed by atoms with van der Waals surface area (Å²) < 4.78 is 0. The third-order valence-electron chi connectivity index (χ3n) is 2.27. The maximum Gasteiger partial charge on any atom is 0.340 e. The second-order valence-electron chi connectivity index (χ2n) is 4.08. The smallest absolute Gasteiger partial charge is 0.293 e. The molecule has 4 nitrogen and oxygen atoms in total. The normalized spacial score (nSPS) is 11.9. The van der Waals surface area contributed by atoms with Crippen LogP contribution in [-0.2, 0) is 0 Å². The summed E-state index contributed by atoms with van der Waals surface area (Å²) in [5.74, 6) is 2.06. The van der Waals surface area contributed by atoms with E-state index in [0.29, 0.717) is 17.8 Å². The molecule has 0 fully saturated rings. The van der Waals surface area contributed by atoms with E-state index >= 15 is 0 Å². The van der Waals surface area contributed by atoms with E-state index in [1.54, 1.807) is 0 Å². The fourth-order valence-electron chi connectivity index (χ4n) is 1.84. The van der Waals surface area contributed by atoms with E-state index in [9.17, 15) is 4.79 Å². The first kappa shape index (κ1) is 10.0. The zero-order valence-corrected chi connectivity index (χ0v) is 8.59. The second-order valence-corrected chi connectivity index (χ2v) is 4.08. The van der Waals surface area contributed by atoms with Gasteiger partial charge in [-0.05, 0) is 11.8 Å². The van der Waals surface area contributed by atoms with Gasteiger partial charge in [0.25, 0.3) is 0 Å². The molecule has 0 radical (unpaired) electrons. The maximum absolute atomic E-state index is 10.9. The average molecular weight is 183 g/mol. The van der Waals surface area contributed by atoms with Crippen molar-refractivity contribution >= 4 is 0 Å². The number of aromatic amines is 2. The quantitative estimate of drug-likeness (QED) is 0.745. The van der Waals surface area contributed by atoms with Crippen LogP contribution >= 0.6 is 0 Å². The highest BCUT2D eigenvalue weighted by molar-refractivity contribution is 4.96. The van der Waals surface area contributed by atoms with Crippen molar-refractivity contribution in [3.63, 3.8) is 0 Å². The summed E-state index contributed by atoms with van der Waals surface area (Å²) >= 11 is 0. The SMILES string of the molecule is CC(C)C(c1n[nH]c(=O)[nH]1)C(C)C. The van der Waals surface area contributed by atoms with Crippen molar-refractivity contribution in [2.45, 2.75) is 33.6 Å². The molecule has 1 aromatic heterocycles. The van der Waals surface area contributed by atoms with Gasteiger partial charge in [-0.15, -0.1) is 0 Å². The molecule has 0 spiro atoms. The summed E-state index contributed by atoms with van der Waals surface area (Å²) in [5.41, 5.74) is -0.221. The Balaban J connectivity index is 2.95. The number of nitrogens with zero attached hydrogens (tertiary/aromatic N) is 1. The van der Waals surface area contributed by atoms with E-state index in [2.05, 4.69) is 42.9 Å². The largest absolute Gasteiger partial charge is 0.340 e. The molecule has 13 heavy (non-hydrogen) atoms. The number of rotatable bonds is 3. The topological polar surface area (TPSA) is 61.5 Å². The van der Waals surface area contributed by atoms with Crippen LogP contribution in [0.25, 0.3) is 0 Å². The van der Waals surface area contributed by atoms with Crippen molar-refractivity contribution in [2.75, 3.05) is 0 Å². The first-order chi connectivity index (χ1) is 6.02. The van der Waals surface area contributed by atoms with Gasteiger partial charge < -0.3 is 0 Å². The van der Waals surface area contributed by atoms with Gasteiger partial charge in [-0.25, -0.2) is 9.89 Å². The van der Waals surface area contributed by atoms with E-state index < -0.39 is 0 Å². The minimum absolute atomic E-state index is 0.221. The zero-order valence-electron chi connectivity index (χ0n) is 8.59. The Morgan fingerprint density at radius 1 is 1.15 bits per heavy atom. The Morgan fingerprint density at radius 3 is 2.00 bits per heavy atom. The lowest BCUT2D eigenvalue weighted by molar-refractivity contribution is 0.372. The summed E-state index contributed by atoms with van der Waals surface area (Å²) in [4.78, 5) is 13.6. The van der Waals surface area contributed by atoms with Crippen LogP contribution < -0.4 is 5.69 Å². The minimum Gasteiger partial charge on any atom is -0.293 e. The van der Waals surface area contributed by atoms with Crippen LogP contribution in [0.1, 0.15) is 39.4 Å². The molecular weight excluding hydrogens is 166 g/mol. The Morgan fingerprint density at radius 2 is 1.69 bits per heavy atom.